The third-order valence-corrected chi connectivity index (χ3v) is 3.73. The predicted octanol–water partition coefficient (Wildman–Crippen LogP) is 3.12. The summed E-state index contributed by atoms with van der Waals surface area (Å²) >= 11 is 0. The maximum absolute atomic E-state index is 13.1. The van der Waals surface area contributed by atoms with Crippen LogP contribution in [0.1, 0.15) is 41.6 Å². The van der Waals surface area contributed by atoms with Gasteiger partial charge >= 0.3 is 12.1 Å². The molecule has 26 heavy (non-hydrogen) atoms. The number of carbonyl (C=O) groups is 1. The number of aromatic nitrogens is 5. The maximum Gasteiger partial charge on any atom is 0.435 e. The number of rotatable bonds is 4. The highest BCUT2D eigenvalue weighted by molar-refractivity contribution is 5.93. The Balaban J connectivity index is 1.81. The molecule has 3 heterocycles. The molecule has 0 bridgehead atoms. The zero-order valence-electron chi connectivity index (χ0n) is 14.3. The second-order valence-electron chi connectivity index (χ2n) is 6.02. The van der Waals surface area contributed by atoms with Gasteiger partial charge in [0.15, 0.2) is 11.3 Å². The Bertz CT molecular complexity index is 959. The summed E-state index contributed by atoms with van der Waals surface area (Å²) < 4.78 is 47.1. The van der Waals surface area contributed by atoms with E-state index in [0.717, 1.165) is 10.7 Å². The molecule has 0 saturated carbocycles. The summed E-state index contributed by atoms with van der Waals surface area (Å²) in [4.78, 5) is 16.1. The molecule has 0 aliphatic carbocycles. The Morgan fingerprint density at radius 2 is 2.04 bits per heavy atom. The van der Waals surface area contributed by atoms with E-state index in [9.17, 15) is 18.0 Å². The highest BCUT2D eigenvalue weighted by Gasteiger charge is 2.37. The van der Waals surface area contributed by atoms with E-state index in [2.05, 4.69) is 15.2 Å². The van der Waals surface area contributed by atoms with E-state index in [0.29, 0.717) is 5.69 Å². The second-order valence-corrected chi connectivity index (χ2v) is 6.02. The first kappa shape index (κ1) is 17.9. The van der Waals surface area contributed by atoms with Gasteiger partial charge in [0.2, 0.25) is 0 Å². The van der Waals surface area contributed by atoms with E-state index in [4.69, 9.17) is 4.74 Å². The summed E-state index contributed by atoms with van der Waals surface area (Å²) in [7, 11) is 1.35. The molecular formula is C16H16F3N5O2. The van der Waals surface area contributed by atoms with Gasteiger partial charge in [-0.05, 0) is 26.0 Å². The van der Waals surface area contributed by atoms with Gasteiger partial charge < -0.3 is 4.74 Å². The van der Waals surface area contributed by atoms with Gasteiger partial charge in [0, 0.05) is 25.5 Å². The average Bonchev–Trinajstić information content (AvgIpc) is 3.17. The van der Waals surface area contributed by atoms with Crippen LogP contribution in [0.3, 0.4) is 0 Å². The summed E-state index contributed by atoms with van der Waals surface area (Å²) in [5.74, 6) is -0.782. The van der Waals surface area contributed by atoms with Crippen LogP contribution in [0.2, 0.25) is 0 Å². The predicted molar refractivity (Wildman–Crippen MR) is 85.2 cm³/mol. The molecule has 0 radical (unpaired) electrons. The van der Waals surface area contributed by atoms with Crippen molar-refractivity contribution in [2.24, 2.45) is 7.05 Å². The van der Waals surface area contributed by atoms with Crippen LogP contribution in [0.5, 0.6) is 0 Å². The molecule has 0 amide bonds. The van der Waals surface area contributed by atoms with Gasteiger partial charge in [0.25, 0.3) is 0 Å². The Labute approximate surface area is 146 Å². The SMILES string of the molecule is CC(C)n1ccc(COC(=O)c2cnc3c(c2)c(C(F)(F)F)nn3C)n1. The number of esters is 1. The van der Waals surface area contributed by atoms with E-state index in [-0.39, 0.29) is 29.2 Å². The number of nitrogens with zero attached hydrogens (tertiary/aromatic N) is 5. The fourth-order valence-corrected chi connectivity index (χ4v) is 2.43. The first-order chi connectivity index (χ1) is 12.2. The molecule has 0 unspecified atom stereocenters. The van der Waals surface area contributed by atoms with Crippen LogP contribution < -0.4 is 0 Å². The fourth-order valence-electron chi connectivity index (χ4n) is 2.43. The van der Waals surface area contributed by atoms with E-state index < -0.39 is 17.8 Å². The third-order valence-electron chi connectivity index (χ3n) is 3.73. The molecule has 0 N–H and O–H groups in total. The van der Waals surface area contributed by atoms with Crippen molar-refractivity contribution in [3.63, 3.8) is 0 Å². The Kier molecular flexibility index (Phi) is 4.43. The van der Waals surface area contributed by atoms with Crippen molar-refractivity contribution in [1.82, 2.24) is 24.5 Å². The number of hydrogen-bond donors (Lipinski definition) is 0. The number of halogens is 3. The van der Waals surface area contributed by atoms with Gasteiger partial charge in [-0.15, -0.1) is 0 Å². The number of hydrogen-bond acceptors (Lipinski definition) is 5. The lowest BCUT2D eigenvalue weighted by molar-refractivity contribution is -0.140. The molecule has 3 aromatic rings. The Morgan fingerprint density at radius 1 is 1.31 bits per heavy atom. The lowest BCUT2D eigenvalue weighted by Gasteiger charge is -2.05. The largest absolute Gasteiger partial charge is 0.455 e. The van der Waals surface area contributed by atoms with Gasteiger partial charge in [0.1, 0.15) is 6.61 Å². The van der Waals surface area contributed by atoms with Crippen LogP contribution in [0.25, 0.3) is 11.0 Å². The van der Waals surface area contributed by atoms with Gasteiger partial charge in [-0.1, -0.05) is 0 Å². The molecule has 0 spiro atoms. The van der Waals surface area contributed by atoms with Gasteiger partial charge in [-0.3, -0.25) is 4.68 Å². The van der Waals surface area contributed by atoms with Crippen LogP contribution in [-0.4, -0.2) is 30.5 Å². The summed E-state index contributed by atoms with van der Waals surface area (Å²) in [5, 5.41) is 7.42. The Hall–Kier alpha value is -2.91. The zero-order chi connectivity index (χ0) is 19.1. The number of ether oxygens (including phenoxy) is 1. The van der Waals surface area contributed by atoms with Crippen molar-refractivity contribution in [1.29, 1.82) is 0 Å². The van der Waals surface area contributed by atoms with Crippen LogP contribution >= 0.6 is 0 Å². The minimum absolute atomic E-state index is 0.0320. The van der Waals surface area contributed by atoms with Gasteiger partial charge in [-0.25, -0.2) is 14.5 Å². The van der Waals surface area contributed by atoms with Crippen molar-refractivity contribution in [2.45, 2.75) is 32.7 Å². The molecule has 0 atom stereocenters. The minimum Gasteiger partial charge on any atom is -0.455 e. The minimum atomic E-state index is -4.65. The highest BCUT2D eigenvalue weighted by atomic mass is 19.4. The Morgan fingerprint density at radius 3 is 2.65 bits per heavy atom. The van der Waals surface area contributed by atoms with E-state index in [1.807, 2.05) is 13.8 Å². The number of alkyl halides is 3. The standard InChI is InChI=1S/C16H16F3N5O2/c1-9(2)24-5-4-11(21-24)8-26-15(25)10-6-12-13(16(17,18)19)22-23(3)14(12)20-7-10/h4-7,9H,8H2,1-3H3. The molecule has 138 valence electrons. The first-order valence-electron chi connectivity index (χ1n) is 7.78. The summed E-state index contributed by atoms with van der Waals surface area (Å²) in [6.07, 6.45) is -1.72. The molecule has 3 aromatic heterocycles. The van der Waals surface area contributed by atoms with Crippen LogP contribution in [0, 0.1) is 0 Å². The second kappa shape index (κ2) is 6.43. The van der Waals surface area contributed by atoms with Crippen LogP contribution in [0.4, 0.5) is 13.2 Å². The van der Waals surface area contributed by atoms with E-state index in [1.54, 1.807) is 16.9 Å². The molecule has 0 aromatic carbocycles. The number of fused-ring (bicyclic) bond motifs is 1. The zero-order valence-corrected chi connectivity index (χ0v) is 14.3. The molecule has 3 rings (SSSR count). The average molecular weight is 367 g/mol. The highest BCUT2D eigenvalue weighted by Crippen LogP contribution is 2.33. The number of aryl methyl sites for hydroxylation is 1. The summed E-state index contributed by atoms with van der Waals surface area (Å²) in [6.45, 7) is 3.82. The lowest BCUT2D eigenvalue weighted by Crippen LogP contribution is -2.09. The quantitative estimate of drug-likeness (QED) is 0.663. The van der Waals surface area contributed by atoms with Crippen molar-refractivity contribution in [3.05, 3.63) is 41.5 Å². The maximum atomic E-state index is 13.1. The first-order valence-corrected chi connectivity index (χ1v) is 7.78. The van der Waals surface area contributed by atoms with E-state index >= 15 is 0 Å². The molecule has 7 nitrogen and oxygen atoms in total. The van der Waals surface area contributed by atoms with E-state index in [1.165, 1.54) is 13.2 Å². The molecule has 10 heteroatoms. The lowest BCUT2D eigenvalue weighted by atomic mass is 10.2. The van der Waals surface area contributed by atoms with Crippen molar-refractivity contribution in [3.8, 4) is 0 Å². The summed E-state index contributed by atoms with van der Waals surface area (Å²) in [6, 6.07) is 2.96. The van der Waals surface area contributed by atoms with Crippen molar-refractivity contribution < 1.29 is 22.7 Å². The van der Waals surface area contributed by atoms with Crippen molar-refractivity contribution >= 4 is 17.0 Å². The molecular weight excluding hydrogens is 351 g/mol. The molecule has 0 fully saturated rings. The van der Waals surface area contributed by atoms with Crippen molar-refractivity contribution in [2.75, 3.05) is 0 Å². The molecule has 0 saturated heterocycles. The fraction of sp³-hybridized carbons (Fsp3) is 0.375. The normalized spacial score (nSPS) is 12.1. The monoisotopic (exact) mass is 367 g/mol. The third kappa shape index (κ3) is 3.39. The van der Waals surface area contributed by atoms with Crippen LogP contribution in [0.15, 0.2) is 24.5 Å². The number of carbonyl (C=O) groups excluding carboxylic acids is 1. The topological polar surface area (TPSA) is 74.8 Å². The number of pyridine rings is 1. The van der Waals surface area contributed by atoms with Gasteiger partial charge in [-0.2, -0.15) is 23.4 Å². The smallest absolute Gasteiger partial charge is 0.435 e. The van der Waals surface area contributed by atoms with Crippen LogP contribution in [-0.2, 0) is 24.6 Å². The van der Waals surface area contributed by atoms with Gasteiger partial charge in [0.05, 0.1) is 16.6 Å². The molecule has 0 aliphatic rings. The molecule has 0 aliphatic heterocycles. The summed E-state index contributed by atoms with van der Waals surface area (Å²) in [5.41, 5.74) is -0.602.